The predicted molar refractivity (Wildman–Crippen MR) is 110 cm³/mol. The van der Waals surface area contributed by atoms with Crippen molar-refractivity contribution in [2.24, 2.45) is 5.73 Å². The van der Waals surface area contributed by atoms with Crippen molar-refractivity contribution in [2.75, 3.05) is 18.5 Å². The Bertz CT molecular complexity index is 921. The highest BCUT2D eigenvalue weighted by Crippen LogP contribution is 2.37. The standard InChI is InChI=1S/C19H21N3O5S2/c20-17(25)16-12-3-1-2-4-13(12)29-19(16)22-14(23)9-27-15(24)5-7-21-18(26)11-6-8-28-10-11/h6,8,10H,1-5,7,9H2,(H2,20,25)(H,21,26)(H,22,23). The van der Waals surface area contributed by atoms with E-state index in [2.05, 4.69) is 10.6 Å². The molecule has 2 heterocycles. The summed E-state index contributed by atoms with van der Waals surface area (Å²) in [7, 11) is 0. The minimum atomic E-state index is -0.605. The van der Waals surface area contributed by atoms with Gasteiger partial charge in [0.2, 0.25) is 0 Å². The van der Waals surface area contributed by atoms with Crippen LogP contribution in [-0.4, -0.2) is 36.8 Å². The molecule has 1 aliphatic carbocycles. The van der Waals surface area contributed by atoms with Crippen molar-refractivity contribution in [3.63, 3.8) is 0 Å². The highest BCUT2D eigenvalue weighted by molar-refractivity contribution is 7.17. The van der Waals surface area contributed by atoms with Crippen LogP contribution < -0.4 is 16.4 Å². The fourth-order valence-corrected chi connectivity index (χ4v) is 5.02. The van der Waals surface area contributed by atoms with Gasteiger partial charge in [0.25, 0.3) is 17.7 Å². The van der Waals surface area contributed by atoms with Gasteiger partial charge in [0, 0.05) is 22.4 Å². The molecule has 4 N–H and O–H groups in total. The molecule has 1 aliphatic rings. The average molecular weight is 436 g/mol. The van der Waals surface area contributed by atoms with Crippen LogP contribution in [0.3, 0.4) is 0 Å². The lowest BCUT2D eigenvalue weighted by atomic mass is 9.95. The van der Waals surface area contributed by atoms with Crippen LogP contribution in [0.15, 0.2) is 16.8 Å². The lowest BCUT2D eigenvalue weighted by Crippen LogP contribution is -2.27. The second-order valence-corrected chi connectivity index (χ2v) is 8.39. The highest BCUT2D eigenvalue weighted by atomic mass is 32.1. The van der Waals surface area contributed by atoms with E-state index < -0.39 is 24.4 Å². The summed E-state index contributed by atoms with van der Waals surface area (Å²) in [5, 5.41) is 9.14. The number of anilines is 1. The first-order valence-corrected chi connectivity index (χ1v) is 10.9. The number of nitrogens with two attached hydrogens (primary N) is 1. The topological polar surface area (TPSA) is 128 Å². The third kappa shape index (κ3) is 5.42. The van der Waals surface area contributed by atoms with E-state index in [9.17, 15) is 19.2 Å². The van der Waals surface area contributed by atoms with Crippen molar-refractivity contribution in [3.8, 4) is 0 Å². The fraction of sp³-hybridized carbons (Fsp3) is 0.368. The summed E-state index contributed by atoms with van der Waals surface area (Å²) in [6.07, 6.45) is 3.61. The number of nitrogens with one attached hydrogen (secondary N) is 2. The van der Waals surface area contributed by atoms with Crippen molar-refractivity contribution >= 4 is 51.4 Å². The molecule has 0 bridgehead atoms. The highest BCUT2D eigenvalue weighted by Gasteiger charge is 2.25. The summed E-state index contributed by atoms with van der Waals surface area (Å²) in [5.41, 5.74) is 7.31. The van der Waals surface area contributed by atoms with Crippen molar-refractivity contribution < 1.29 is 23.9 Å². The minimum absolute atomic E-state index is 0.0526. The molecular weight excluding hydrogens is 414 g/mol. The van der Waals surface area contributed by atoms with Crippen LogP contribution in [0.2, 0.25) is 0 Å². The molecule has 154 valence electrons. The zero-order valence-electron chi connectivity index (χ0n) is 15.6. The monoisotopic (exact) mass is 435 g/mol. The smallest absolute Gasteiger partial charge is 0.308 e. The number of fused-ring (bicyclic) bond motifs is 1. The largest absolute Gasteiger partial charge is 0.456 e. The van der Waals surface area contributed by atoms with Gasteiger partial charge in [-0.25, -0.2) is 0 Å². The van der Waals surface area contributed by atoms with Gasteiger partial charge in [-0.15, -0.1) is 11.3 Å². The first-order valence-electron chi connectivity index (χ1n) is 9.16. The average Bonchev–Trinajstić information content (AvgIpc) is 3.33. The normalized spacial score (nSPS) is 12.7. The van der Waals surface area contributed by atoms with Crippen molar-refractivity contribution in [3.05, 3.63) is 38.4 Å². The van der Waals surface area contributed by atoms with Crippen LogP contribution in [-0.2, 0) is 27.2 Å². The maximum absolute atomic E-state index is 12.1. The molecule has 3 amide bonds. The van der Waals surface area contributed by atoms with Crippen LogP contribution in [0.1, 0.15) is 50.4 Å². The number of carbonyl (C=O) groups is 4. The summed E-state index contributed by atoms with van der Waals surface area (Å²) in [5.74, 6) is -1.98. The number of aryl methyl sites for hydroxylation is 1. The zero-order valence-corrected chi connectivity index (χ0v) is 17.2. The van der Waals surface area contributed by atoms with Crippen molar-refractivity contribution in [1.29, 1.82) is 0 Å². The Balaban J connectivity index is 1.45. The lowest BCUT2D eigenvalue weighted by Gasteiger charge is -2.11. The molecule has 0 unspecified atom stereocenters. The zero-order chi connectivity index (χ0) is 20.8. The molecule has 3 rings (SSSR count). The molecule has 0 aliphatic heterocycles. The van der Waals surface area contributed by atoms with E-state index in [1.165, 1.54) is 22.7 Å². The van der Waals surface area contributed by atoms with Gasteiger partial charge in [-0.2, -0.15) is 11.3 Å². The van der Waals surface area contributed by atoms with Crippen molar-refractivity contribution in [1.82, 2.24) is 5.32 Å². The Morgan fingerprint density at radius 1 is 1.17 bits per heavy atom. The molecule has 0 atom stereocenters. The predicted octanol–water partition coefficient (Wildman–Crippen LogP) is 2.09. The van der Waals surface area contributed by atoms with Gasteiger partial charge < -0.3 is 21.1 Å². The molecule has 2 aromatic rings. The summed E-state index contributed by atoms with van der Waals surface area (Å²) < 4.78 is 4.94. The van der Waals surface area contributed by atoms with Gasteiger partial charge in [0.15, 0.2) is 6.61 Å². The summed E-state index contributed by atoms with van der Waals surface area (Å²) in [4.78, 5) is 48.6. The molecular formula is C19H21N3O5S2. The number of hydrogen-bond acceptors (Lipinski definition) is 7. The third-order valence-electron chi connectivity index (χ3n) is 4.43. The van der Waals surface area contributed by atoms with E-state index in [0.717, 1.165) is 36.1 Å². The van der Waals surface area contributed by atoms with Gasteiger partial charge in [0.05, 0.1) is 12.0 Å². The van der Waals surface area contributed by atoms with Crippen LogP contribution in [0.25, 0.3) is 0 Å². The molecule has 8 nitrogen and oxygen atoms in total. The van der Waals surface area contributed by atoms with E-state index in [1.807, 2.05) is 0 Å². The number of rotatable bonds is 8. The maximum Gasteiger partial charge on any atom is 0.308 e. The summed E-state index contributed by atoms with van der Waals surface area (Å²) in [6.45, 7) is -0.364. The Kier molecular flexibility index (Phi) is 6.99. The van der Waals surface area contributed by atoms with Crippen LogP contribution in [0.5, 0.6) is 0 Å². The number of amides is 3. The molecule has 0 radical (unpaired) electrons. The fourth-order valence-electron chi connectivity index (χ4n) is 3.07. The molecule has 0 saturated heterocycles. The summed E-state index contributed by atoms with van der Waals surface area (Å²) in [6, 6.07) is 1.69. The van der Waals surface area contributed by atoms with Crippen LogP contribution >= 0.6 is 22.7 Å². The molecule has 10 heteroatoms. The first kappa shape index (κ1) is 21.0. The molecule has 0 saturated carbocycles. The van der Waals surface area contributed by atoms with Gasteiger partial charge in [-0.1, -0.05) is 0 Å². The lowest BCUT2D eigenvalue weighted by molar-refractivity contribution is -0.147. The molecule has 0 aromatic carbocycles. The quantitative estimate of drug-likeness (QED) is 0.547. The van der Waals surface area contributed by atoms with Gasteiger partial charge in [0.1, 0.15) is 5.00 Å². The molecule has 29 heavy (non-hydrogen) atoms. The van der Waals surface area contributed by atoms with Crippen LogP contribution in [0.4, 0.5) is 5.00 Å². The molecule has 0 spiro atoms. The third-order valence-corrected chi connectivity index (χ3v) is 6.32. The summed E-state index contributed by atoms with van der Waals surface area (Å²) >= 11 is 2.75. The van der Waals surface area contributed by atoms with Crippen LogP contribution in [0, 0.1) is 0 Å². The Morgan fingerprint density at radius 3 is 2.69 bits per heavy atom. The Labute approximate surface area is 175 Å². The van der Waals surface area contributed by atoms with E-state index in [1.54, 1.807) is 16.8 Å². The first-order chi connectivity index (χ1) is 14.0. The van der Waals surface area contributed by atoms with E-state index in [-0.39, 0.29) is 18.9 Å². The van der Waals surface area contributed by atoms with Gasteiger partial charge in [-0.05, 0) is 42.7 Å². The Morgan fingerprint density at radius 2 is 1.97 bits per heavy atom. The number of primary amides is 1. The second-order valence-electron chi connectivity index (χ2n) is 6.51. The van der Waals surface area contributed by atoms with Gasteiger partial charge >= 0.3 is 5.97 Å². The van der Waals surface area contributed by atoms with E-state index >= 15 is 0 Å². The molecule has 2 aromatic heterocycles. The minimum Gasteiger partial charge on any atom is -0.456 e. The SMILES string of the molecule is NC(=O)c1c(NC(=O)COC(=O)CCNC(=O)c2ccsc2)sc2c1CCCC2. The Hall–Kier alpha value is -2.72. The number of ether oxygens (including phenoxy) is 1. The number of hydrogen-bond donors (Lipinski definition) is 3. The second kappa shape index (κ2) is 9.66. The number of esters is 1. The maximum atomic E-state index is 12.1. The van der Waals surface area contributed by atoms with Gasteiger partial charge in [-0.3, -0.25) is 19.2 Å². The molecule has 0 fully saturated rings. The number of thiophene rings is 2. The van der Waals surface area contributed by atoms with Crippen molar-refractivity contribution in [2.45, 2.75) is 32.1 Å². The van der Waals surface area contributed by atoms with E-state index in [4.69, 9.17) is 10.5 Å². The van der Waals surface area contributed by atoms with E-state index in [0.29, 0.717) is 16.1 Å². The number of carbonyl (C=O) groups excluding carboxylic acids is 4.